The number of pyridine rings is 1. The van der Waals surface area contributed by atoms with Crippen LogP contribution in [0.3, 0.4) is 0 Å². The fraction of sp³-hybridized carbons (Fsp3) is 0.320. The molecule has 1 atom stereocenters. The van der Waals surface area contributed by atoms with Crippen LogP contribution in [0.4, 0.5) is 26.3 Å². The number of fused-ring (bicyclic) bond motifs is 1. The van der Waals surface area contributed by atoms with Gasteiger partial charge in [0.05, 0.1) is 11.1 Å². The van der Waals surface area contributed by atoms with E-state index in [1.807, 2.05) is 37.3 Å². The second-order valence-corrected chi connectivity index (χ2v) is 8.34. The van der Waals surface area contributed by atoms with Crippen LogP contribution in [0.5, 0.6) is 5.88 Å². The predicted molar refractivity (Wildman–Crippen MR) is 115 cm³/mol. The summed E-state index contributed by atoms with van der Waals surface area (Å²) in [6.07, 6.45) is -8.17. The molecule has 1 aliphatic rings. The lowest BCUT2D eigenvalue weighted by Crippen LogP contribution is -2.29. The number of alkyl halides is 6. The van der Waals surface area contributed by atoms with Crippen LogP contribution in [0.25, 0.3) is 11.1 Å². The summed E-state index contributed by atoms with van der Waals surface area (Å²) >= 11 is 0. The van der Waals surface area contributed by atoms with Crippen molar-refractivity contribution in [2.45, 2.75) is 38.8 Å². The van der Waals surface area contributed by atoms with E-state index < -0.39 is 29.5 Å². The van der Waals surface area contributed by atoms with Crippen LogP contribution >= 0.6 is 0 Å². The van der Waals surface area contributed by atoms with Crippen molar-refractivity contribution < 1.29 is 31.1 Å². The fourth-order valence-electron chi connectivity index (χ4n) is 4.06. The van der Waals surface area contributed by atoms with Crippen molar-refractivity contribution in [3.8, 4) is 17.0 Å². The molecule has 0 fully saturated rings. The van der Waals surface area contributed by atoms with E-state index in [2.05, 4.69) is 4.98 Å². The van der Waals surface area contributed by atoms with Crippen molar-refractivity contribution in [3.63, 3.8) is 0 Å². The van der Waals surface area contributed by atoms with Crippen molar-refractivity contribution in [3.05, 3.63) is 82.5 Å². The van der Waals surface area contributed by atoms with E-state index in [1.165, 1.54) is 0 Å². The van der Waals surface area contributed by atoms with Gasteiger partial charge in [-0.25, -0.2) is 4.98 Å². The first kappa shape index (κ1) is 24.1. The van der Waals surface area contributed by atoms with E-state index in [4.69, 9.17) is 4.74 Å². The lowest BCUT2D eigenvalue weighted by Gasteiger charge is -2.29. The molecule has 0 radical (unpaired) electrons. The third-order valence-electron chi connectivity index (χ3n) is 6.00. The highest BCUT2D eigenvalue weighted by Gasteiger charge is 2.38. The van der Waals surface area contributed by atoms with Gasteiger partial charge < -0.3 is 4.74 Å². The largest absolute Gasteiger partial charge is 0.476 e. The molecule has 3 aromatic rings. The highest BCUT2D eigenvalue weighted by molar-refractivity contribution is 5.69. The lowest BCUT2D eigenvalue weighted by atomic mass is 9.97. The van der Waals surface area contributed by atoms with Gasteiger partial charge in [0.15, 0.2) is 0 Å². The van der Waals surface area contributed by atoms with Crippen LogP contribution in [0, 0.1) is 6.92 Å². The van der Waals surface area contributed by atoms with Gasteiger partial charge in [-0.15, -0.1) is 0 Å². The Morgan fingerprint density at radius 1 is 0.912 bits per heavy atom. The summed E-state index contributed by atoms with van der Waals surface area (Å²) in [6.45, 7) is 4.33. The Bertz CT molecular complexity index is 1140. The Balaban J connectivity index is 1.73. The van der Waals surface area contributed by atoms with Crippen molar-refractivity contribution in [2.24, 2.45) is 0 Å². The quantitative estimate of drug-likeness (QED) is 0.376. The first-order valence-corrected chi connectivity index (χ1v) is 10.6. The van der Waals surface area contributed by atoms with Gasteiger partial charge in [-0.2, -0.15) is 26.3 Å². The Hall–Kier alpha value is -3.07. The molecule has 0 aliphatic carbocycles. The highest BCUT2D eigenvalue weighted by atomic mass is 19.4. The predicted octanol–water partition coefficient (Wildman–Crippen LogP) is 7.05. The molecule has 0 N–H and O–H groups in total. The summed E-state index contributed by atoms with van der Waals surface area (Å²) in [5.41, 5.74) is 0.880. The van der Waals surface area contributed by atoms with Gasteiger partial charge in [0.1, 0.15) is 6.61 Å². The minimum Gasteiger partial charge on any atom is -0.476 e. The van der Waals surface area contributed by atoms with Crippen molar-refractivity contribution in [2.75, 3.05) is 13.2 Å². The standard InChI is InChI=1S/C25H22F6N2O/c1-15-3-5-17(6-4-15)21-7-8-32-23-22(21)14-33(9-10-34-23)16(2)18-11-19(24(26,27)28)13-20(12-18)25(29,30)31/h3-8,11-13,16H,9-10,14H2,1-2H3. The number of aromatic nitrogens is 1. The molecule has 1 aromatic heterocycles. The average Bonchev–Trinajstić information content (AvgIpc) is 3.00. The molecule has 2 aromatic carbocycles. The summed E-state index contributed by atoms with van der Waals surface area (Å²) in [5.74, 6) is 0.410. The fourth-order valence-corrected chi connectivity index (χ4v) is 4.06. The second kappa shape index (κ2) is 8.94. The van der Waals surface area contributed by atoms with Gasteiger partial charge in [-0.05, 0) is 54.8 Å². The molecule has 1 unspecified atom stereocenters. The Labute approximate surface area is 193 Å². The van der Waals surface area contributed by atoms with E-state index in [9.17, 15) is 26.3 Å². The molecular weight excluding hydrogens is 458 g/mol. The maximum absolute atomic E-state index is 13.4. The minimum atomic E-state index is -4.90. The first-order chi connectivity index (χ1) is 15.9. The summed E-state index contributed by atoms with van der Waals surface area (Å²) < 4.78 is 86.0. The van der Waals surface area contributed by atoms with E-state index in [-0.39, 0.29) is 24.8 Å². The van der Waals surface area contributed by atoms with Gasteiger partial charge in [0, 0.05) is 30.9 Å². The molecule has 1 aliphatic heterocycles. The van der Waals surface area contributed by atoms with Crippen molar-refractivity contribution >= 4 is 0 Å². The van der Waals surface area contributed by atoms with Crippen LogP contribution < -0.4 is 4.74 Å². The van der Waals surface area contributed by atoms with Crippen LogP contribution in [-0.2, 0) is 18.9 Å². The molecule has 0 amide bonds. The zero-order valence-corrected chi connectivity index (χ0v) is 18.5. The molecule has 180 valence electrons. The van der Waals surface area contributed by atoms with E-state index >= 15 is 0 Å². The number of nitrogens with zero attached hydrogens (tertiary/aromatic N) is 2. The zero-order valence-electron chi connectivity index (χ0n) is 18.5. The molecule has 3 nitrogen and oxygen atoms in total. The van der Waals surface area contributed by atoms with Crippen molar-refractivity contribution in [1.82, 2.24) is 9.88 Å². The van der Waals surface area contributed by atoms with E-state index in [1.54, 1.807) is 18.0 Å². The molecule has 4 rings (SSSR count). The van der Waals surface area contributed by atoms with Crippen LogP contribution in [0.2, 0.25) is 0 Å². The number of halogens is 6. The second-order valence-electron chi connectivity index (χ2n) is 8.34. The van der Waals surface area contributed by atoms with Crippen molar-refractivity contribution in [1.29, 1.82) is 0 Å². The average molecular weight is 480 g/mol. The lowest BCUT2D eigenvalue weighted by molar-refractivity contribution is -0.143. The molecule has 9 heteroatoms. The summed E-state index contributed by atoms with van der Waals surface area (Å²) in [5, 5.41) is 0. The van der Waals surface area contributed by atoms with Gasteiger partial charge in [0.2, 0.25) is 5.88 Å². The topological polar surface area (TPSA) is 25.4 Å². The van der Waals surface area contributed by atoms with Gasteiger partial charge >= 0.3 is 12.4 Å². The monoisotopic (exact) mass is 480 g/mol. The number of hydrogen-bond donors (Lipinski definition) is 0. The molecule has 34 heavy (non-hydrogen) atoms. The first-order valence-electron chi connectivity index (χ1n) is 10.6. The van der Waals surface area contributed by atoms with Crippen LogP contribution in [0.1, 0.15) is 40.8 Å². The number of aryl methyl sites for hydroxylation is 1. The maximum atomic E-state index is 13.4. The summed E-state index contributed by atoms with van der Waals surface area (Å²) in [7, 11) is 0. The smallest absolute Gasteiger partial charge is 0.416 e. The zero-order chi connectivity index (χ0) is 24.7. The maximum Gasteiger partial charge on any atom is 0.416 e. The third kappa shape index (κ3) is 5.04. The molecule has 0 spiro atoms. The van der Waals surface area contributed by atoms with Crippen LogP contribution in [-0.4, -0.2) is 23.0 Å². The molecule has 0 bridgehead atoms. The summed E-state index contributed by atoms with van der Waals surface area (Å²) in [6, 6.07) is 10.6. The van der Waals surface area contributed by atoms with Gasteiger partial charge in [-0.1, -0.05) is 29.8 Å². The third-order valence-corrected chi connectivity index (χ3v) is 6.00. The Kier molecular flexibility index (Phi) is 6.33. The molecule has 0 saturated carbocycles. The number of hydrogen-bond acceptors (Lipinski definition) is 3. The van der Waals surface area contributed by atoms with Gasteiger partial charge in [0.25, 0.3) is 0 Å². The minimum absolute atomic E-state index is 0.0635. The summed E-state index contributed by atoms with van der Waals surface area (Å²) in [4.78, 5) is 6.10. The highest BCUT2D eigenvalue weighted by Crippen LogP contribution is 2.39. The van der Waals surface area contributed by atoms with E-state index in [0.29, 0.717) is 12.4 Å². The number of ether oxygens (including phenoxy) is 1. The number of benzene rings is 2. The number of rotatable bonds is 3. The normalized spacial score (nSPS) is 15.9. The molecule has 2 heterocycles. The van der Waals surface area contributed by atoms with Crippen LogP contribution in [0.15, 0.2) is 54.7 Å². The Morgan fingerprint density at radius 3 is 2.12 bits per heavy atom. The SMILES string of the molecule is Cc1ccc(-c2ccnc3c2CN(C(C)c2cc(C(F)(F)F)cc(C(F)(F)F)c2)CCO3)cc1. The Morgan fingerprint density at radius 2 is 1.53 bits per heavy atom. The van der Waals surface area contributed by atoms with E-state index in [0.717, 1.165) is 34.4 Å². The molecular formula is C25H22F6N2O. The van der Waals surface area contributed by atoms with Gasteiger partial charge in [-0.3, -0.25) is 4.90 Å². The molecule has 0 saturated heterocycles.